The number of rotatable bonds is 2. The van der Waals surface area contributed by atoms with Crippen molar-refractivity contribution in [1.29, 1.82) is 0 Å². The third kappa shape index (κ3) is 1.50. The van der Waals surface area contributed by atoms with Crippen LogP contribution >= 0.6 is 11.5 Å². The van der Waals surface area contributed by atoms with E-state index in [4.69, 9.17) is 5.11 Å². The summed E-state index contributed by atoms with van der Waals surface area (Å²) in [5.74, 6) is -1.01. The van der Waals surface area contributed by atoms with E-state index in [1.165, 1.54) is 0 Å². The zero-order chi connectivity index (χ0) is 11.0. The molecule has 0 radical (unpaired) electrons. The van der Waals surface area contributed by atoms with Crippen LogP contribution in [0.5, 0.6) is 0 Å². The van der Waals surface area contributed by atoms with Crippen LogP contribution < -0.4 is 0 Å². The Kier molecular flexibility index (Phi) is 2.24. The van der Waals surface area contributed by atoms with E-state index >= 15 is 0 Å². The van der Waals surface area contributed by atoms with E-state index < -0.39 is 5.97 Å². The average Bonchev–Trinajstić information content (AvgIpc) is 2.75. The maximum atomic E-state index is 10.9. The van der Waals surface area contributed by atoms with Crippen LogP contribution in [0.1, 0.15) is 15.4 Å². The second-order valence-corrected chi connectivity index (χ2v) is 3.78. The molecule has 78 valence electrons. The lowest BCUT2D eigenvalue weighted by Gasteiger charge is -1.96. The van der Waals surface area contributed by atoms with Crippen molar-refractivity contribution in [2.75, 3.05) is 0 Å². The van der Waals surface area contributed by atoms with E-state index in [1.54, 1.807) is 17.9 Å². The quantitative estimate of drug-likeness (QED) is 0.821. The summed E-state index contributed by atoms with van der Waals surface area (Å²) in [5.41, 5.74) is 1.96. The Morgan fingerprint density at radius 1 is 1.60 bits per heavy atom. The zero-order valence-corrected chi connectivity index (χ0v) is 8.95. The fourth-order valence-corrected chi connectivity index (χ4v) is 1.76. The smallest absolute Gasteiger partial charge is 0.349 e. The largest absolute Gasteiger partial charge is 0.477 e. The molecule has 0 saturated carbocycles. The van der Waals surface area contributed by atoms with E-state index in [-0.39, 0.29) is 4.88 Å². The number of hydrogen-bond donors (Lipinski definition) is 1. The van der Waals surface area contributed by atoms with Crippen LogP contribution in [0.15, 0.2) is 6.20 Å². The first kappa shape index (κ1) is 9.78. The summed E-state index contributed by atoms with van der Waals surface area (Å²) < 4.78 is 5.31. The number of aryl methyl sites for hydroxylation is 1. The molecule has 2 heterocycles. The van der Waals surface area contributed by atoms with Crippen molar-refractivity contribution in [2.45, 2.75) is 6.92 Å². The lowest BCUT2D eigenvalue weighted by molar-refractivity contribution is 0.0702. The summed E-state index contributed by atoms with van der Waals surface area (Å²) in [5, 5.41) is 16.8. The second kappa shape index (κ2) is 3.43. The molecule has 15 heavy (non-hydrogen) atoms. The van der Waals surface area contributed by atoms with E-state index in [2.05, 4.69) is 14.7 Å². The van der Waals surface area contributed by atoms with Crippen molar-refractivity contribution in [2.24, 2.45) is 7.05 Å². The van der Waals surface area contributed by atoms with Crippen LogP contribution in [0.4, 0.5) is 0 Å². The summed E-state index contributed by atoms with van der Waals surface area (Å²) in [6.45, 7) is 1.85. The van der Waals surface area contributed by atoms with Crippen molar-refractivity contribution in [3.8, 4) is 11.3 Å². The molecule has 0 aliphatic heterocycles. The monoisotopic (exact) mass is 224 g/mol. The Morgan fingerprint density at radius 2 is 2.33 bits per heavy atom. The SMILES string of the molecule is Cc1c(-c2nnsc2C(=O)O)cnn1C. The first-order valence-electron chi connectivity index (χ1n) is 4.16. The van der Waals surface area contributed by atoms with E-state index in [0.717, 1.165) is 17.2 Å². The van der Waals surface area contributed by atoms with Gasteiger partial charge in [0.25, 0.3) is 0 Å². The topological polar surface area (TPSA) is 80.9 Å². The van der Waals surface area contributed by atoms with Crippen molar-refractivity contribution < 1.29 is 9.90 Å². The Morgan fingerprint density at radius 3 is 2.87 bits per heavy atom. The minimum Gasteiger partial charge on any atom is -0.477 e. The number of aromatic carboxylic acids is 1. The highest BCUT2D eigenvalue weighted by Gasteiger charge is 2.19. The molecule has 0 aromatic carbocycles. The highest BCUT2D eigenvalue weighted by molar-refractivity contribution is 7.08. The van der Waals surface area contributed by atoms with Gasteiger partial charge in [-0.3, -0.25) is 4.68 Å². The summed E-state index contributed by atoms with van der Waals surface area (Å²) in [4.78, 5) is 11.0. The van der Waals surface area contributed by atoms with Crippen LogP contribution in [0.2, 0.25) is 0 Å². The molecular weight excluding hydrogens is 216 g/mol. The molecule has 0 saturated heterocycles. The summed E-state index contributed by atoms with van der Waals surface area (Å²) in [6, 6.07) is 0. The average molecular weight is 224 g/mol. The number of carboxylic acids is 1. The van der Waals surface area contributed by atoms with Crippen molar-refractivity contribution in [3.63, 3.8) is 0 Å². The van der Waals surface area contributed by atoms with Gasteiger partial charge in [0.15, 0.2) is 4.88 Å². The molecule has 0 bridgehead atoms. The Hall–Kier alpha value is -1.76. The van der Waals surface area contributed by atoms with Crippen LogP contribution in [0.25, 0.3) is 11.3 Å². The van der Waals surface area contributed by atoms with Crippen LogP contribution in [-0.4, -0.2) is 30.4 Å². The molecule has 6 nitrogen and oxygen atoms in total. The van der Waals surface area contributed by atoms with Gasteiger partial charge in [0.1, 0.15) is 5.69 Å². The molecule has 7 heteroatoms. The number of hydrogen-bond acceptors (Lipinski definition) is 5. The summed E-state index contributed by atoms with van der Waals surface area (Å²) in [7, 11) is 1.79. The van der Waals surface area contributed by atoms with Crippen molar-refractivity contribution >= 4 is 17.5 Å². The molecule has 2 rings (SSSR count). The Balaban J connectivity index is 2.59. The number of carboxylic acid groups (broad SMARTS) is 1. The van der Waals surface area contributed by atoms with Gasteiger partial charge in [-0.1, -0.05) is 4.49 Å². The normalized spacial score (nSPS) is 10.5. The van der Waals surface area contributed by atoms with Crippen molar-refractivity contribution in [3.05, 3.63) is 16.8 Å². The highest BCUT2D eigenvalue weighted by Crippen LogP contribution is 2.26. The van der Waals surface area contributed by atoms with Gasteiger partial charge in [0, 0.05) is 18.3 Å². The molecule has 2 aromatic heterocycles. The maximum absolute atomic E-state index is 10.9. The fourth-order valence-electron chi connectivity index (χ4n) is 1.24. The lowest BCUT2D eigenvalue weighted by Crippen LogP contribution is -1.97. The van der Waals surface area contributed by atoms with Gasteiger partial charge in [-0.05, 0) is 18.5 Å². The third-order valence-electron chi connectivity index (χ3n) is 2.17. The molecule has 0 unspecified atom stereocenters. The molecule has 2 aromatic rings. The summed E-state index contributed by atoms with van der Waals surface area (Å²) in [6.07, 6.45) is 1.60. The van der Waals surface area contributed by atoms with Crippen LogP contribution in [0.3, 0.4) is 0 Å². The minimum absolute atomic E-state index is 0.145. The van der Waals surface area contributed by atoms with Gasteiger partial charge >= 0.3 is 5.97 Å². The van der Waals surface area contributed by atoms with Crippen molar-refractivity contribution in [1.82, 2.24) is 19.4 Å². The van der Waals surface area contributed by atoms with Gasteiger partial charge < -0.3 is 5.11 Å². The molecule has 0 amide bonds. The predicted molar refractivity (Wildman–Crippen MR) is 53.8 cm³/mol. The van der Waals surface area contributed by atoms with Gasteiger partial charge in [0.05, 0.1) is 6.20 Å². The molecule has 0 fully saturated rings. The third-order valence-corrected chi connectivity index (χ3v) is 2.89. The molecule has 1 N–H and O–H groups in total. The number of aromatic nitrogens is 4. The minimum atomic E-state index is -1.01. The first-order chi connectivity index (χ1) is 7.11. The van der Waals surface area contributed by atoms with Gasteiger partial charge in [-0.15, -0.1) is 5.10 Å². The van der Waals surface area contributed by atoms with Gasteiger partial charge in [-0.25, -0.2) is 4.79 Å². The Labute approximate surface area is 89.3 Å². The number of nitrogens with zero attached hydrogens (tertiary/aromatic N) is 4. The van der Waals surface area contributed by atoms with Gasteiger partial charge in [-0.2, -0.15) is 5.10 Å². The lowest BCUT2D eigenvalue weighted by atomic mass is 10.2. The fraction of sp³-hybridized carbons (Fsp3) is 0.250. The first-order valence-corrected chi connectivity index (χ1v) is 4.93. The summed E-state index contributed by atoms with van der Waals surface area (Å²) >= 11 is 0.873. The standard InChI is InChI=1S/C8H8N4O2S/c1-4-5(3-9-12(4)2)6-7(8(13)14)15-11-10-6/h3H,1-2H3,(H,13,14). The molecule has 0 atom stereocenters. The van der Waals surface area contributed by atoms with Crippen LogP contribution in [0, 0.1) is 6.92 Å². The van der Waals surface area contributed by atoms with E-state index in [1.807, 2.05) is 6.92 Å². The van der Waals surface area contributed by atoms with Gasteiger partial charge in [0.2, 0.25) is 0 Å². The number of carbonyl (C=O) groups is 1. The van der Waals surface area contributed by atoms with E-state index in [0.29, 0.717) is 11.3 Å². The Bertz CT molecular complexity index is 516. The maximum Gasteiger partial charge on any atom is 0.349 e. The van der Waals surface area contributed by atoms with Crippen LogP contribution in [-0.2, 0) is 7.05 Å². The molecular formula is C8H8N4O2S. The van der Waals surface area contributed by atoms with E-state index in [9.17, 15) is 4.79 Å². The zero-order valence-electron chi connectivity index (χ0n) is 8.13. The second-order valence-electron chi connectivity index (χ2n) is 3.02. The molecule has 0 aliphatic carbocycles. The predicted octanol–water partition coefficient (Wildman–Crippen LogP) is 0.945. The molecule has 0 aliphatic rings. The highest BCUT2D eigenvalue weighted by atomic mass is 32.1. The molecule has 0 spiro atoms.